The Morgan fingerprint density at radius 1 is 1.47 bits per heavy atom. The van der Waals surface area contributed by atoms with Crippen LogP contribution in [0.5, 0.6) is 0 Å². The van der Waals surface area contributed by atoms with Crippen LogP contribution < -0.4 is 5.32 Å². The third-order valence-corrected chi connectivity index (χ3v) is 5.09. The van der Waals surface area contributed by atoms with Crippen LogP contribution in [0.1, 0.15) is 46.0 Å². The maximum atomic E-state index is 12.1. The van der Waals surface area contributed by atoms with Gasteiger partial charge in [-0.05, 0) is 31.9 Å². The van der Waals surface area contributed by atoms with Gasteiger partial charge >= 0.3 is 0 Å². The minimum absolute atomic E-state index is 0.0140. The van der Waals surface area contributed by atoms with E-state index in [9.17, 15) is 4.79 Å². The van der Waals surface area contributed by atoms with Gasteiger partial charge in [0.2, 0.25) is 5.91 Å². The number of hydrogen-bond acceptors (Lipinski definition) is 3. The van der Waals surface area contributed by atoms with Crippen LogP contribution in [-0.2, 0) is 4.79 Å². The number of nitrogens with one attached hydrogen (secondary N) is 1. The normalized spacial score (nSPS) is 34.4. The number of rotatable bonds is 4. The fraction of sp³-hybridized carbons (Fsp3) is 0.923. The number of nitrogens with zero attached hydrogens (tertiary/aromatic N) is 1. The van der Waals surface area contributed by atoms with Crippen LogP contribution >= 0.6 is 11.8 Å². The van der Waals surface area contributed by atoms with Gasteiger partial charge in [0.25, 0.3) is 0 Å². The zero-order valence-electron chi connectivity index (χ0n) is 10.9. The summed E-state index contributed by atoms with van der Waals surface area (Å²) in [5.41, 5.74) is 0. The lowest BCUT2D eigenvalue weighted by molar-refractivity contribution is -0.129. The molecule has 0 spiro atoms. The van der Waals surface area contributed by atoms with Crippen LogP contribution in [0.25, 0.3) is 0 Å². The molecule has 0 saturated carbocycles. The molecule has 98 valence electrons. The summed E-state index contributed by atoms with van der Waals surface area (Å²) in [5.74, 6) is 1.57. The van der Waals surface area contributed by atoms with E-state index < -0.39 is 0 Å². The zero-order valence-corrected chi connectivity index (χ0v) is 11.8. The Bertz CT molecular complexity index is 266. The standard InChI is InChI=1S/C13H24N2OS/c1-3-6-12-14-10(2)13(16)15(12)9-11-7-4-5-8-17-11/h10-12,14H,3-9H2,1-2H3. The van der Waals surface area contributed by atoms with Crippen LogP contribution in [0.15, 0.2) is 0 Å². The number of hydrogen-bond donors (Lipinski definition) is 1. The molecule has 1 amide bonds. The van der Waals surface area contributed by atoms with Gasteiger partial charge in [0.05, 0.1) is 12.2 Å². The summed E-state index contributed by atoms with van der Waals surface area (Å²) >= 11 is 2.05. The molecule has 0 radical (unpaired) electrons. The van der Waals surface area contributed by atoms with Crippen molar-refractivity contribution < 1.29 is 4.79 Å². The Labute approximate surface area is 109 Å². The first kappa shape index (κ1) is 13.2. The van der Waals surface area contributed by atoms with Crippen molar-refractivity contribution in [2.75, 3.05) is 12.3 Å². The molecule has 4 heteroatoms. The lowest BCUT2D eigenvalue weighted by Crippen LogP contribution is -2.41. The van der Waals surface area contributed by atoms with E-state index in [0.717, 1.165) is 19.4 Å². The summed E-state index contributed by atoms with van der Waals surface area (Å²) in [6.45, 7) is 5.12. The van der Waals surface area contributed by atoms with Gasteiger partial charge in [-0.25, -0.2) is 0 Å². The lowest BCUT2D eigenvalue weighted by Gasteiger charge is -2.30. The predicted molar refractivity (Wildman–Crippen MR) is 73.1 cm³/mol. The average Bonchev–Trinajstić information content (AvgIpc) is 2.59. The Balaban J connectivity index is 1.93. The van der Waals surface area contributed by atoms with E-state index in [4.69, 9.17) is 0 Å². The van der Waals surface area contributed by atoms with E-state index in [0.29, 0.717) is 11.2 Å². The molecule has 0 bridgehead atoms. The third kappa shape index (κ3) is 3.16. The van der Waals surface area contributed by atoms with Crippen molar-refractivity contribution in [3.8, 4) is 0 Å². The maximum Gasteiger partial charge on any atom is 0.240 e. The molecule has 3 nitrogen and oxygen atoms in total. The Hall–Kier alpha value is -0.220. The second-order valence-corrected chi connectivity index (χ2v) is 6.58. The molecule has 0 aromatic rings. The smallest absolute Gasteiger partial charge is 0.240 e. The zero-order chi connectivity index (χ0) is 12.3. The van der Waals surface area contributed by atoms with Crippen LogP contribution in [0.4, 0.5) is 0 Å². The first-order valence-corrected chi connectivity index (χ1v) is 7.95. The highest BCUT2D eigenvalue weighted by molar-refractivity contribution is 7.99. The SMILES string of the molecule is CCCC1NC(C)C(=O)N1CC1CCCCS1. The minimum Gasteiger partial charge on any atom is -0.325 e. The Kier molecular flexibility index (Phi) is 4.74. The minimum atomic E-state index is 0.0140. The lowest BCUT2D eigenvalue weighted by atomic mass is 10.1. The van der Waals surface area contributed by atoms with Crippen molar-refractivity contribution in [2.24, 2.45) is 0 Å². The van der Waals surface area contributed by atoms with Crippen molar-refractivity contribution in [1.82, 2.24) is 10.2 Å². The molecule has 2 heterocycles. The van der Waals surface area contributed by atoms with E-state index >= 15 is 0 Å². The summed E-state index contributed by atoms with van der Waals surface area (Å²) in [4.78, 5) is 14.2. The number of amides is 1. The van der Waals surface area contributed by atoms with Gasteiger partial charge in [0.15, 0.2) is 0 Å². The number of carbonyl (C=O) groups excluding carboxylic acids is 1. The van der Waals surface area contributed by atoms with Crippen molar-refractivity contribution in [1.29, 1.82) is 0 Å². The Morgan fingerprint density at radius 2 is 2.29 bits per heavy atom. The summed E-state index contributed by atoms with van der Waals surface area (Å²) in [5, 5.41) is 4.08. The van der Waals surface area contributed by atoms with E-state index in [1.807, 2.05) is 6.92 Å². The first-order chi connectivity index (χ1) is 8.22. The third-order valence-electron chi connectivity index (χ3n) is 3.71. The van der Waals surface area contributed by atoms with Crippen molar-refractivity contribution in [3.05, 3.63) is 0 Å². The quantitative estimate of drug-likeness (QED) is 0.837. The van der Waals surface area contributed by atoms with E-state index in [-0.39, 0.29) is 12.2 Å². The highest BCUT2D eigenvalue weighted by Crippen LogP contribution is 2.27. The van der Waals surface area contributed by atoms with E-state index in [2.05, 4.69) is 28.9 Å². The predicted octanol–water partition coefficient (Wildman–Crippen LogP) is 2.22. The monoisotopic (exact) mass is 256 g/mol. The van der Waals surface area contributed by atoms with Crippen LogP contribution in [0.3, 0.4) is 0 Å². The van der Waals surface area contributed by atoms with Gasteiger partial charge in [-0.1, -0.05) is 19.8 Å². The Morgan fingerprint density at radius 3 is 2.94 bits per heavy atom. The fourth-order valence-corrected chi connectivity index (χ4v) is 4.06. The molecule has 17 heavy (non-hydrogen) atoms. The van der Waals surface area contributed by atoms with Gasteiger partial charge < -0.3 is 4.90 Å². The number of thioether (sulfide) groups is 1. The molecule has 3 unspecified atom stereocenters. The largest absolute Gasteiger partial charge is 0.325 e. The van der Waals surface area contributed by atoms with Gasteiger partial charge in [-0.15, -0.1) is 0 Å². The highest BCUT2D eigenvalue weighted by Gasteiger charge is 2.36. The van der Waals surface area contributed by atoms with Gasteiger partial charge in [0, 0.05) is 11.8 Å². The van der Waals surface area contributed by atoms with Crippen molar-refractivity contribution in [2.45, 2.75) is 63.4 Å². The fourth-order valence-electron chi connectivity index (χ4n) is 2.75. The molecule has 1 N–H and O–H groups in total. The molecule has 0 aliphatic carbocycles. The molecule has 2 saturated heterocycles. The maximum absolute atomic E-state index is 12.1. The van der Waals surface area contributed by atoms with Crippen LogP contribution in [0, 0.1) is 0 Å². The summed E-state index contributed by atoms with van der Waals surface area (Å²) in [6, 6.07) is 0.0140. The number of carbonyl (C=O) groups is 1. The average molecular weight is 256 g/mol. The molecular formula is C13H24N2OS. The first-order valence-electron chi connectivity index (χ1n) is 6.90. The van der Waals surface area contributed by atoms with Gasteiger partial charge in [-0.3, -0.25) is 10.1 Å². The topological polar surface area (TPSA) is 32.3 Å². The molecule has 2 aliphatic rings. The molecule has 2 rings (SSSR count). The molecule has 3 atom stereocenters. The second kappa shape index (κ2) is 6.10. The second-order valence-electron chi connectivity index (χ2n) is 5.17. The van der Waals surface area contributed by atoms with Crippen molar-refractivity contribution >= 4 is 17.7 Å². The summed E-state index contributed by atoms with van der Waals surface area (Å²) in [6.07, 6.45) is 6.45. The summed E-state index contributed by atoms with van der Waals surface area (Å²) in [7, 11) is 0. The highest BCUT2D eigenvalue weighted by atomic mass is 32.2. The van der Waals surface area contributed by atoms with Crippen LogP contribution in [0.2, 0.25) is 0 Å². The van der Waals surface area contributed by atoms with Gasteiger partial charge in [-0.2, -0.15) is 11.8 Å². The van der Waals surface area contributed by atoms with Gasteiger partial charge in [0.1, 0.15) is 0 Å². The molecule has 0 aromatic carbocycles. The van der Waals surface area contributed by atoms with E-state index in [1.54, 1.807) is 0 Å². The summed E-state index contributed by atoms with van der Waals surface area (Å²) < 4.78 is 0. The molecule has 0 aromatic heterocycles. The molecule has 2 fully saturated rings. The van der Waals surface area contributed by atoms with Crippen molar-refractivity contribution in [3.63, 3.8) is 0 Å². The van der Waals surface area contributed by atoms with Crippen LogP contribution in [-0.4, -0.2) is 40.6 Å². The molecular weight excluding hydrogens is 232 g/mol. The van der Waals surface area contributed by atoms with E-state index in [1.165, 1.54) is 25.0 Å². The molecule has 2 aliphatic heterocycles.